The maximum atomic E-state index is 5.98. The highest BCUT2D eigenvalue weighted by Crippen LogP contribution is 2.43. The molecular weight excluding hydrogens is 242 g/mol. The largest absolute Gasteiger partial charge is 0.377 e. The minimum Gasteiger partial charge on any atom is -0.377 e. The molecule has 2 atom stereocenters. The molecule has 0 saturated heterocycles. The Bertz CT molecular complexity index is 359. The van der Waals surface area contributed by atoms with Gasteiger partial charge in [-0.15, -0.1) is 0 Å². The molecule has 2 nitrogen and oxygen atoms in total. The second-order valence-corrected chi connectivity index (χ2v) is 7.12. The summed E-state index contributed by atoms with van der Waals surface area (Å²) in [6, 6.07) is 2.77. The molecule has 0 bridgehead atoms. The zero-order valence-corrected chi connectivity index (χ0v) is 12.7. The Balaban J connectivity index is 1.76. The molecule has 2 unspecified atom stereocenters. The average Bonchev–Trinajstić information content (AvgIpc) is 2.79. The molecule has 0 aromatic carbocycles. The molecule has 1 fully saturated rings. The van der Waals surface area contributed by atoms with Crippen molar-refractivity contribution < 1.29 is 4.74 Å². The minimum absolute atomic E-state index is 0.255. The van der Waals surface area contributed by atoms with Crippen molar-refractivity contribution in [2.75, 3.05) is 6.61 Å². The van der Waals surface area contributed by atoms with Crippen molar-refractivity contribution in [1.82, 2.24) is 5.32 Å². The molecule has 0 radical (unpaired) electrons. The third-order valence-corrected chi connectivity index (χ3v) is 4.67. The molecular formula is C15H25NOS. The standard InChI is InChI=1S/C15H25NOS/c1-11(2)9-17-14-7-13(15(14,3)4)16-8-12-5-6-18-10-12/h5-6,10-11,13-14,16H,7-9H2,1-4H3. The fourth-order valence-corrected chi connectivity index (χ4v) is 3.13. The van der Waals surface area contributed by atoms with E-state index >= 15 is 0 Å². The van der Waals surface area contributed by atoms with Crippen LogP contribution in [0.15, 0.2) is 16.8 Å². The van der Waals surface area contributed by atoms with Crippen LogP contribution in [0.5, 0.6) is 0 Å². The number of hydrogen-bond acceptors (Lipinski definition) is 3. The van der Waals surface area contributed by atoms with E-state index in [1.54, 1.807) is 11.3 Å². The Morgan fingerprint density at radius 1 is 1.50 bits per heavy atom. The van der Waals surface area contributed by atoms with E-state index in [0.29, 0.717) is 18.1 Å². The van der Waals surface area contributed by atoms with E-state index in [0.717, 1.165) is 19.6 Å². The predicted octanol–water partition coefficient (Wildman–Crippen LogP) is 3.68. The number of ether oxygens (including phenoxy) is 1. The van der Waals surface area contributed by atoms with Gasteiger partial charge >= 0.3 is 0 Å². The van der Waals surface area contributed by atoms with Crippen molar-refractivity contribution >= 4 is 11.3 Å². The van der Waals surface area contributed by atoms with Crippen LogP contribution in [0.2, 0.25) is 0 Å². The average molecular weight is 267 g/mol. The summed E-state index contributed by atoms with van der Waals surface area (Å²) in [5.74, 6) is 0.624. The molecule has 2 rings (SSSR count). The topological polar surface area (TPSA) is 21.3 Å². The summed E-state index contributed by atoms with van der Waals surface area (Å²) in [6.07, 6.45) is 1.56. The second-order valence-electron chi connectivity index (χ2n) is 6.34. The molecule has 1 aromatic heterocycles. The molecule has 1 aromatic rings. The van der Waals surface area contributed by atoms with Gasteiger partial charge in [0.1, 0.15) is 0 Å². The van der Waals surface area contributed by atoms with Gasteiger partial charge in [-0.25, -0.2) is 0 Å². The summed E-state index contributed by atoms with van der Waals surface area (Å²) < 4.78 is 5.98. The van der Waals surface area contributed by atoms with Crippen LogP contribution in [0, 0.1) is 11.3 Å². The van der Waals surface area contributed by atoms with Gasteiger partial charge in [-0.1, -0.05) is 27.7 Å². The van der Waals surface area contributed by atoms with Crippen LogP contribution in [0.25, 0.3) is 0 Å². The first kappa shape index (κ1) is 14.0. The predicted molar refractivity (Wildman–Crippen MR) is 77.9 cm³/mol. The molecule has 1 aliphatic rings. The van der Waals surface area contributed by atoms with Gasteiger partial charge in [0.05, 0.1) is 6.10 Å². The molecule has 3 heteroatoms. The summed E-state index contributed by atoms with van der Waals surface area (Å²) >= 11 is 1.76. The van der Waals surface area contributed by atoms with Crippen LogP contribution in [-0.4, -0.2) is 18.8 Å². The Morgan fingerprint density at radius 3 is 2.83 bits per heavy atom. The Labute approximate surface area is 115 Å². The van der Waals surface area contributed by atoms with Gasteiger partial charge in [-0.3, -0.25) is 0 Å². The first-order chi connectivity index (χ1) is 8.50. The second kappa shape index (κ2) is 5.72. The van der Waals surface area contributed by atoms with Gasteiger partial charge in [0, 0.05) is 24.6 Å². The zero-order chi connectivity index (χ0) is 13.2. The van der Waals surface area contributed by atoms with Gasteiger partial charge in [0.15, 0.2) is 0 Å². The first-order valence-corrected chi connectivity index (χ1v) is 7.80. The van der Waals surface area contributed by atoms with Crippen molar-refractivity contribution in [2.45, 2.75) is 52.8 Å². The SMILES string of the molecule is CC(C)COC1CC(NCc2ccsc2)C1(C)C. The maximum Gasteiger partial charge on any atom is 0.0656 e. The van der Waals surface area contributed by atoms with Crippen molar-refractivity contribution in [1.29, 1.82) is 0 Å². The zero-order valence-electron chi connectivity index (χ0n) is 11.9. The molecule has 18 heavy (non-hydrogen) atoms. The molecule has 102 valence electrons. The van der Waals surface area contributed by atoms with Gasteiger partial charge in [0.25, 0.3) is 0 Å². The molecule has 0 amide bonds. The molecule has 1 heterocycles. The van der Waals surface area contributed by atoms with E-state index < -0.39 is 0 Å². The van der Waals surface area contributed by atoms with E-state index in [1.165, 1.54) is 5.56 Å². The van der Waals surface area contributed by atoms with E-state index in [-0.39, 0.29) is 5.41 Å². The van der Waals surface area contributed by atoms with E-state index in [1.807, 2.05) is 0 Å². The minimum atomic E-state index is 0.255. The first-order valence-electron chi connectivity index (χ1n) is 6.86. The highest BCUT2D eigenvalue weighted by atomic mass is 32.1. The Morgan fingerprint density at radius 2 is 2.28 bits per heavy atom. The van der Waals surface area contributed by atoms with Crippen LogP contribution in [0.3, 0.4) is 0 Å². The van der Waals surface area contributed by atoms with Gasteiger partial charge in [-0.2, -0.15) is 11.3 Å². The summed E-state index contributed by atoms with van der Waals surface area (Å²) in [7, 11) is 0. The molecule has 0 spiro atoms. The summed E-state index contributed by atoms with van der Waals surface area (Å²) in [5, 5.41) is 8.01. The lowest BCUT2D eigenvalue weighted by atomic mass is 9.64. The molecule has 1 saturated carbocycles. The monoisotopic (exact) mass is 267 g/mol. The molecule has 1 N–H and O–H groups in total. The van der Waals surface area contributed by atoms with Crippen LogP contribution in [0.1, 0.15) is 39.7 Å². The molecule has 0 aliphatic heterocycles. The van der Waals surface area contributed by atoms with Crippen molar-refractivity contribution in [2.24, 2.45) is 11.3 Å². The number of rotatable bonds is 6. The van der Waals surface area contributed by atoms with Gasteiger partial charge in [-0.05, 0) is 34.7 Å². The van der Waals surface area contributed by atoms with Crippen molar-refractivity contribution in [3.05, 3.63) is 22.4 Å². The van der Waals surface area contributed by atoms with Crippen LogP contribution < -0.4 is 5.32 Å². The number of nitrogens with one attached hydrogen (secondary N) is 1. The van der Waals surface area contributed by atoms with Crippen LogP contribution in [-0.2, 0) is 11.3 Å². The van der Waals surface area contributed by atoms with Crippen molar-refractivity contribution in [3.63, 3.8) is 0 Å². The highest BCUT2D eigenvalue weighted by Gasteiger charge is 2.48. The van der Waals surface area contributed by atoms with Crippen LogP contribution >= 0.6 is 11.3 Å². The number of thiophene rings is 1. The third kappa shape index (κ3) is 3.14. The highest BCUT2D eigenvalue weighted by molar-refractivity contribution is 7.07. The quantitative estimate of drug-likeness (QED) is 0.849. The van der Waals surface area contributed by atoms with Gasteiger partial charge in [0.2, 0.25) is 0 Å². The third-order valence-electron chi connectivity index (χ3n) is 3.94. The molecule has 1 aliphatic carbocycles. The van der Waals surface area contributed by atoms with E-state index in [4.69, 9.17) is 4.74 Å². The van der Waals surface area contributed by atoms with Crippen LogP contribution in [0.4, 0.5) is 0 Å². The maximum absolute atomic E-state index is 5.98. The fourth-order valence-electron chi connectivity index (χ4n) is 2.46. The Hall–Kier alpha value is -0.380. The van der Waals surface area contributed by atoms with E-state index in [9.17, 15) is 0 Å². The smallest absolute Gasteiger partial charge is 0.0656 e. The van der Waals surface area contributed by atoms with Crippen molar-refractivity contribution in [3.8, 4) is 0 Å². The lowest BCUT2D eigenvalue weighted by Crippen LogP contribution is -2.60. The van der Waals surface area contributed by atoms with Gasteiger partial charge < -0.3 is 10.1 Å². The normalized spacial score (nSPS) is 26.3. The van der Waals surface area contributed by atoms with E-state index in [2.05, 4.69) is 49.8 Å². The number of hydrogen-bond donors (Lipinski definition) is 1. The summed E-state index contributed by atoms with van der Waals surface area (Å²) in [5.41, 5.74) is 1.65. The summed E-state index contributed by atoms with van der Waals surface area (Å²) in [6.45, 7) is 10.9. The summed E-state index contributed by atoms with van der Waals surface area (Å²) in [4.78, 5) is 0. The lowest BCUT2D eigenvalue weighted by molar-refractivity contribution is -0.124. The Kier molecular flexibility index (Phi) is 4.46. The fraction of sp³-hybridized carbons (Fsp3) is 0.733. The lowest BCUT2D eigenvalue weighted by Gasteiger charge is -2.52.